The van der Waals surface area contributed by atoms with Crippen LogP contribution in [0.4, 0.5) is 0 Å². The molecule has 0 bridgehead atoms. The Bertz CT molecular complexity index is 731. The molecule has 0 fully saturated rings. The highest BCUT2D eigenvalue weighted by Gasteiger charge is 2.44. The van der Waals surface area contributed by atoms with Gasteiger partial charge in [-0.05, 0) is 19.8 Å². The zero-order valence-electron chi connectivity index (χ0n) is 19.3. The summed E-state index contributed by atoms with van der Waals surface area (Å²) in [7, 11) is 3.86. The van der Waals surface area contributed by atoms with Crippen molar-refractivity contribution >= 4 is 35.7 Å². The maximum atomic E-state index is 12.7. The first-order valence-corrected chi connectivity index (χ1v) is 10.7. The lowest BCUT2D eigenvalue weighted by molar-refractivity contribution is -0.431. The van der Waals surface area contributed by atoms with Crippen molar-refractivity contribution in [2.75, 3.05) is 21.3 Å². The predicted molar refractivity (Wildman–Crippen MR) is 115 cm³/mol. The second-order valence-corrected chi connectivity index (χ2v) is 7.77. The fraction of sp³-hybridized carbons (Fsp3) is 0.700. The van der Waals surface area contributed by atoms with Gasteiger partial charge in [-0.2, -0.15) is 0 Å². The van der Waals surface area contributed by atoms with Crippen molar-refractivity contribution in [1.82, 2.24) is 4.90 Å². The van der Waals surface area contributed by atoms with Crippen LogP contribution in [-0.2, 0) is 38.0 Å². The molecule has 0 heterocycles. The smallest absolute Gasteiger partial charge is 0.309 e. The number of hydrogen-bond donors (Lipinski definition) is 3. The van der Waals surface area contributed by atoms with Gasteiger partial charge in [-0.25, -0.2) is 5.26 Å². The molecule has 0 saturated carbocycles. The third-order valence-corrected chi connectivity index (χ3v) is 5.70. The first kappa shape index (κ1) is 30.8. The average molecular weight is 494 g/mol. The number of nitrogens with zero attached hydrogens (tertiary/aromatic N) is 1. The van der Waals surface area contributed by atoms with Gasteiger partial charge in [0.05, 0.1) is 30.0 Å². The Hall–Kier alpha value is -2.21. The van der Waals surface area contributed by atoms with Gasteiger partial charge in [-0.3, -0.25) is 24.1 Å². The second-order valence-electron chi connectivity index (χ2n) is 7.26. The van der Waals surface area contributed by atoms with Gasteiger partial charge >= 0.3 is 11.9 Å². The van der Waals surface area contributed by atoms with Gasteiger partial charge in [-0.1, -0.05) is 18.9 Å². The van der Waals surface area contributed by atoms with E-state index in [2.05, 4.69) is 20.7 Å². The van der Waals surface area contributed by atoms with Crippen LogP contribution in [0.3, 0.4) is 0 Å². The average Bonchev–Trinajstić information content (AvgIpc) is 2.76. The van der Waals surface area contributed by atoms with Crippen LogP contribution in [0.15, 0.2) is 0 Å². The third-order valence-electron chi connectivity index (χ3n) is 5.40. The Balaban J connectivity index is 5.93. The fourth-order valence-electron chi connectivity index (χ4n) is 3.69. The molecule has 0 aromatic carbocycles. The quantitative estimate of drug-likeness (QED) is 0.0751. The third kappa shape index (κ3) is 9.28. The van der Waals surface area contributed by atoms with Gasteiger partial charge in [0, 0.05) is 38.5 Å². The van der Waals surface area contributed by atoms with E-state index in [4.69, 9.17) is 14.7 Å². The summed E-state index contributed by atoms with van der Waals surface area (Å²) in [6.45, 7) is 4.30. The number of aliphatic carboxylic acids is 2. The van der Waals surface area contributed by atoms with Crippen LogP contribution in [0, 0.1) is 35.0 Å². The molecule has 1 amide bonds. The van der Waals surface area contributed by atoms with Gasteiger partial charge in [-0.15, -0.1) is 4.33 Å². The maximum absolute atomic E-state index is 12.7. The van der Waals surface area contributed by atoms with Crippen LogP contribution < -0.4 is 0 Å². The number of ketones is 1. The number of carboxylic acids is 2. The van der Waals surface area contributed by atoms with Crippen molar-refractivity contribution in [2.45, 2.75) is 45.8 Å². The van der Waals surface area contributed by atoms with Gasteiger partial charge in [0.15, 0.2) is 0 Å². The molecule has 0 saturated heterocycles. The summed E-state index contributed by atoms with van der Waals surface area (Å²) < 4.78 is 14.7. The molecule has 0 aromatic heterocycles. The summed E-state index contributed by atoms with van der Waals surface area (Å²) in [6, 6.07) is 2.37. The molecule has 0 aliphatic carbocycles. The molecule has 188 valence electrons. The number of ether oxygens (including phenoxy) is 2. The molecular formula is C20H31NO11S. The molecule has 12 nitrogen and oxygen atoms in total. The first-order chi connectivity index (χ1) is 15.5. The van der Waals surface area contributed by atoms with Gasteiger partial charge in [0.25, 0.3) is 0 Å². The molecule has 33 heavy (non-hydrogen) atoms. The van der Waals surface area contributed by atoms with Gasteiger partial charge < -0.3 is 19.7 Å². The summed E-state index contributed by atoms with van der Waals surface area (Å²) in [5.41, 5.74) is 0. The SMILES string of the molecule is CCC(OC)C(C(=O)O)C(CC(OC)C(C(=O)O)C(C)C(=O)N(C)C#CSOOO)C(C)=O. The van der Waals surface area contributed by atoms with Crippen molar-refractivity contribution in [3.8, 4) is 11.3 Å². The van der Waals surface area contributed by atoms with E-state index in [1.165, 1.54) is 35.1 Å². The van der Waals surface area contributed by atoms with Crippen molar-refractivity contribution < 1.29 is 53.5 Å². The highest BCUT2D eigenvalue weighted by molar-refractivity contribution is 7.99. The van der Waals surface area contributed by atoms with Crippen LogP contribution in [0.2, 0.25) is 0 Å². The van der Waals surface area contributed by atoms with Crippen molar-refractivity contribution in [3.05, 3.63) is 0 Å². The van der Waals surface area contributed by atoms with Crippen LogP contribution in [0.1, 0.15) is 33.6 Å². The topological polar surface area (TPSA) is 169 Å². The lowest BCUT2D eigenvalue weighted by Crippen LogP contribution is -2.46. The second kappa shape index (κ2) is 15.6. The molecule has 0 radical (unpaired) electrons. The molecule has 0 aromatic rings. The minimum absolute atomic E-state index is 0.246. The molecule has 0 rings (SSSR count). The summed E-state index contributed by atoms with van der Waals surface area (Å²) in [5, 5.41) is 33.3. The zero-order chi connectivity index (χ0) is 25.7. The monoisotopic (exact) mass is 493 g/mol. The van der Waals surface area contributed by atoms with Crippen LogP contribution in [0.25, 0.3) is 0 Å². The summed E-state index contributed by atoms with van der Waals surface area (Å²) in [5.74, 6) is -8.63. The molecule has 0 aliphatic heterocycles. The van der Waals surface area contributed by atoms with Crippen molar-refractivity contribution in [2.24, 2.45) is 23.7 Å². The standard InChI is InChI=1S/C20H31NO11S/c1-7-14(29-5)17(20(26)27)13(12(3)22)10-15(30-6)16(19(24)25)11(2)18(23)21(4)8-9-33-32-31-28/h11,13-17,28H,7,10H2,1-6H3,(H,24,25)(H,26,27). The minimum Gasteiger partial charge on any atom is -0.481 e. The van der Waals surface area contributed by atoms with E-state index in [0.29, 0.717) is 18.5 Å². The van der Waals surface area contributed by atoms with E-state index in [9.17, 15) is 29.4 Å². The number of carbonyl (C=O) groups excluding carboxylic acids is 2. The number of carboxylic acid groups (broad SMARTS) is 2. The molecule has 13 heteroatoms. The van der Waals surface area contributed by atoms with E-state index in [1.54, 1.807) is 6.92 Å². The Morgan fingerprint density at radius 2 is 1.58 bits per heavy atom. The van der Waals surface area contributed by atoms with Crippen molar-refractivity contribution in [1.29, 1.82) is 0 Å². The van der Waals surface area contributed by atoms with Crippen molar-refractivity contribution in [3.63, 3.8) is 0 Å². The summed E-state index contributed by atoms with van der Waals surface area (Å²) >= 11 is 0.387. The Morgan fingerprint density at radius 3 is 1.97 bits per heavy atom. The highest BCUT2D eigenvalue weighted by atomic mass is 32.2. The molecule has 6 unspecified atom stereocenters. The fourth-order valence-corrected chi connectivity index (χ4v) is 3.93. The van der Waals surface area contributed by atoms with Gasteiger partial charge in [0.1, 0.15) is 17.8 Å². The summed E-state index contributed by atoms with van der Waals surface area (Å²) in [6.07, 6.45) is -1.86. The normalized spacial score (nSPS) is 16.3. The number of hydrogen-bond acceptors (Lipinski definition) is 10. The molecule has 0 spiro atoms. The number of carbonyl (C=O) groups is 4. The van der Waals surface area contributed by atoms with E-state index < -0.39 is 59.5 Å². The largest absolute Gasteiger partial charge is 0.481 e. The maximum Gasteiger partial charge on any atom is 0.309 e. The Morgan fingerprint density at radius 1 is 1.03 bits per heavy atom. The lowest BCUT2D eigenvalue weighted by atomic mass is 9.76. The number of Topliss-reactive ketones (excluding diaryl/α,β-unsaturated/α-hetero) is 1. The first-order valence-electron chi connectivity index (χ1n) is 9.91. The Labute approximate surface area is 196 Å². The zero-order valence-corrected chi connectivity index (χ0v) is 20.2. The molecule has 3 N–H and O–H groups in total. The van der Waals surface area contributed by atoms with Crippen LogP contribution in [-0.4, -0.2) is 77.5 Å². The van der Waals surface area contributed by atoms with E-state index >= 15 is 0 Å². The molecule has 0 aliphatic rings. The molecule has 6 atom stereocenters. The highest BCUT2D eigenvalue weighted by Crippen LogP contribution is 2.32. The van der Waals surface area contributed by atoms with E-state index in [0.717, 1.165) is 4.90 Å². The Kier molecular flexibility index (Phi) is 14.6. The van der Waals surface area contributed by atoms with Gasteiger partial charge in [0.2, 0.25) is 5.91 Å². The van der Waals surface area contributed by atoms with E-state index in [1.807, 2.05) is 0 Å². The van der Waals surface area contributed by atoms with Crippen LogP contribution in [0.5, 0.6) is 0 Å². The number of methoxy groups -OCH3 is 2. The minimum atomic E-state index is -1.41. The molecular weight excluding hydrogens is 462 g/mol. The predicted octanol–water partition coefficient (Wildman–Crippen LogP) is 1.51. The lowest BCUT2D eigenvalue weighted by Gasteiger charge is -2.33. The summed E-state index contributed by atoms with van der Waals surface area (Å²) in [4.78, 5) is 50.1. The van der Waals surface area contributed by atoms with Crippen LogP contribution >= 0.6 is 12.0 Å². The number of rotatable bonds is 15. The number of amides is 1. The van der Waals surface area contributed by atoms with E-state index in [-0.39, 0.29) is 6.42 Å².